The summed E-state index contributed by atoms with van der Waals surface area (Å²) in [5.74, 6) is 0. The molecule has 0 amide bonds. The van der Waals surface area contributed by atoms with Crippen LogP contribution in [0.4, 0.5) is 0 Å². The SMILES string of the molecule is C=C[Si](C)CCC=C(C)C. The summed E-state index contributed by atoms with van der Waals surface area (Å²) < 4.78 is 0. The highest BCUT2D eigenvalue weighted by Crippen LogP contribution is 2.01. The van der Waals surface area contributed by atoms with Crippen LogP contribution in [0, 0.1) is 0 Å². The van der Waals surface area contributed by atoms with Crippen molar-refractivity contribution in [3.63, 3.8) is 0 Å². The molecular formula is C9H17Si. The predicted molar refractivity (Wildman–Crippen MR) is 50.7 cm³/mol. The summed E-state index contributed by atoms with van der Waals surface area (Å²) in [5, 5.41) is 0. The van der Waals surface area contributed by atoms with Gasteiger partial charge in [-0.1, -0.05) is 24.2 Å². The first-order valence-corrected chi connectivity index (χ1v) is 6.03. The summed E-state index contributed by atoms with van der Waals surface area (Å²) in [7, 11) is -0.205. The van der Waals surface area contributed by atoms with E-state index in [9.17, 15) is 0 Å². The van der Waals surface area contributed by atoms with Crippen LogP contribution in [-0.2, 0) is 0 Å². The Kier molecular flexibility index (Phi) is 5.31. The van der Waals surface area contributed by atoms with E-state index in [2.05, 4.69) is 38.7 Å². The molecule has 0 aliphatic heterocycles. The molecule has 0 aliphatic rings. The minimum atomic E-state index is -0.205. The maximum absolute atomic E-state index is 3.78. The largest absolute Gasteiger partial charge is 0.107 e. The summed E-state index contributed by atoms with van der Waals surface area (Å²) in [6.45, 7) is 10.4. The van der Waals surface area contributed by atoms with Gasteiger partial charge in [0.05, 0.1) is 8.80 Å². The summed E-state index contributed by atoms with van der Waals surface area (Å²) in [5.41, 5.74) is 3.54. The Labute approximate surface area is 66.3 Å². The first-order chi connectivity index (χ1) is 4.66. The lowest BCUT2D eigenvalue weighted by Crippen LogP contribution is -1.99. The Morgan fingerprint density at radius 3 is 2.50 bits per heavy atom. The van der Waals surface area contributed by atoms with E-state index in [1.54, 1.807) is 0 Å². The van der Waals surface area contributed by atoms with Gasteiger partial charge in [-0.15, -0.1) is 12.3 Å². The van der Waals surface area contributed by atoms with Gasteiger partial charge in [0.1, 0.15) is 0 Å². The van der Waals surface area contributed by atoms with Crippen LogP contribution in [0.3, 0.4) is 0 Å². The molecule has 0 rings (SSSR count). The van der Waals surface area contributed by atoms with Crippen molar-refractivity contribution < 1.29 is 0 Å². The molecule has 0 aromatic rings. The highest BCUT2D eigenvalue weighted by Gasteiger charge is 1.94. The minimum absolute atomic E-state index is 0.205. The maximum Gasteiger partial charge on any atom is 0.0720 e. The minimum Gasteiger partial charge on any atom is -0.107 e. The Morgan fingerprint density at radius 1 is 1.50 bits per heavy atom. The van der Waals surface area contributed by atoms with Crippen molar-refractivity contribution in [3.8, 4) is 0 Å². The van der Waals surface area contributed by atoms with Gasteiger partial charge in [0.25, 0.3) is 0 Å². The van der Waals surface area contributed by atoms with Crippen molar-refractivity contribution in [3.05, 3.63) is 23.9 Å². The number of allylic oxidation sites excluding steroid dienone is 2. The van der Waals surface area contributed by atoms with Crippen molar-refractivity contribution >= 4 is 8.80 Å². The molecule has 0 heterocycles. The van der Waals surface area contributed by atoms with Crippen molar-refractivity contribution in [2.75, 3.05) is 0 Å². The second-order valence-corrected chi connectivity index (χ2v) is 5.47. The monoisotopic (exact) mass is 153 g/mol. The molecule has 0 atom stereocenters. The van der Waals surface area contributed by atoms with Gasteiger partial charge in [0.2, 0.25) is 0 Å². The fraction of sp³-hybridized carbons (Fsp3) is 0.556. The maximum atomic E-state index is 3.78. The van der Waals surface area contributed by atoms with E-state index < -0.39 is 0 Å². The quantitative estimate of drug-likeness (QED) is 0.430. The molecule has 0 saturated heterocycles. The molecule has 1 heteroatoms. The molecule has 0 nitrogen and oxygen atoms in total. The van der Waals surface area contributed by atoms with E-state index in [1.165, 1.54) is 18.0 Å². The van der Waals surface area contributed by atoms with E-state index in [0.717, 1.165) is 0 Å². The Morgan fingerprint density at radius 2 is 2.10 bits per heavy atom. The second kappa shape index (κ2) is 5.48. The topological polar surface area (TPSA) is 0 Å². The third-order valence-corrected chi connectivity index (χ3v) is 3.21. The lowest BCUT2D eigenvalue weighted by atomic mass is 10.3. The molecule has 1 radical (unpaired) electrons. The zero-order chi connectivity index (χ0) is 7.98. The molecule has 0 aliphatic carbocycles. The summed E-state index contributed by atoms with van der Waals surface area (Å²) >= 11 is 0. The Hall–Kier alpha value is -0.303. The van der Waals surface area contributed by atoms with Crippen LogP contribution >= 0.6 is 0 Å². The van der Waals surface area contributed by atoms with Crippen LogP contribution < -0.4 is 0 Å². The van der Waals surface area contributed by atoms with E-state index in [4.69, 9.17) is 0 Å². The standard InChI is InChI=1S/C9H17Si/c1-5-10(4)8-6-7-9(2)3/h5,7H,1,6,8H2,2-4H3. The molecule has 0 spiro atoms. The molecule has 0 bridgehead atoms. The van der Waals surface area contributed by atoms with Gasteiger partial charge >= 0.3 is 0 Å². The van der Waals surface area contributed by atoms with E-state index in [1.807, 2.05) is 0 Å². The van der Waals surface area contributed by atoms with Gasteiger partial charge in [-0.05, 0) is 20.3 Å². The lowest BCUT2D eigenvalue weighted by Gasteiger charge is -1.98. The zero-order valence-electron chi connectivity index (χ0n) is 7.28. The van der Waals surface area contributed by atoms with Gasteiger partial charge in [-0.3, -0.25) is 0 Å². The lowest BCUT2D eigenvalue weighted by molar-refractivity contribution is 1.15. The van der Waals surface area contributed by atoms with Crippen molar-refractivity contribution in [1.29, 1.82) is 0 Å². The van der Waals surface area contributed by atoms with Crippen LogP contribution in [0.25, 0.3) is 0 Å². The normalized spacial score (nSPS) is 9.60. The van der Waals surface area contributed by atoms with Crippen LogP contribution in [-0.4, -0.2) is 8.80 Å². The predicted octanol–water partition coefficient (Wildman–Crippen LogP) is 3.19. The summed E-state index contributed by atoms with van der Waals surface area (Å²) in [6, 6.07) is 1.33. The van der Waals surface area contributed by atoms with E-state index in [0.29, 0.717) is 0 Å². The number of hydrogen-bond donors (Lipinski definition) is 0. The van der Waals surface area contributed by atoms with Gasteiger partial charge in [-0.2, -0.15) is 0 Å². The second-order valence-electron chi connectivity index (χ2n) is 2.87. The third-order valence-electron chi connectivity index (χ3n) is 1.44. The van der Waals surface area contributed by atoms with Gasteiger partial charge < -0.3 is 0 Å². The van der Waals surface area contributed by atoms with E-state index >= 15 is 0 Å². The smallest absolute Gasteiger partial charge is 0.0720 e. The Bertz CT molecular complexity index is 121. The van der Waals surface area contributed by atoms with Gasteiger partial charge in [-0.25, -0.2) is 0 Å². The fourth-order valence-electron chi connectivity index (χ4n) is 0.691. The highest BCUT2D eigenvalue weighted by molar-refractivity contribution is 6.62. The molecule has 0 N–H and O–H groups in total. The summed E-state index contributed by atoms with van der Waals surface area (Å²) in [4.78, 5) is 0. The number of hydrogen-bond acceptors (Lipinski definition) is 0. The molecule has 0 aromatic heterocycles. The molecule has 57 valence electrons. The van der Waals surface area contributed by atoms with Crippen molar-refractivity contribution in [2.45, 2.75) is 32.9 Å². The zero-order valence-corrected chi connectivity index (χ0v) is 8.28. The third kappa shape index (κ3) is 5.83. The average molecular weight is 153 g/mol. The van der Waals surface area contributed by atoms with Gasteiger partial charge in [0.15, 0.2) is 0 Å². The molecule has 0 fully saturated rings. The van der Waals surface area contributed by atoms with Crippen LogP contribution in [0.15, 0.2) is 23.9 Å². The van der Waals surface area contributed by atoms with Crippen LogP contribution in [0.1, 0.15) is 20.3 Å². The molecular weight excluding hydrogens is 136 g/mol. The first-order valence-electron chi connectivity index (χ1n) is 3.75. The number of rotatable bonds is 4. The van der Waals surface area contributed by atoms with Crippen molar-refractivity contribution in [2.24, 2.45) is 0 Å². The highest BCUT2D eigenvalue weighted by atomic mass is 28.3. The van der Waals surface area contributed by atoms with Crippen molar-refractivity contribution in [1.82, 2.24) is 0 Å². The molecule has 0 aromatic carbocycles. The summed E-state index contributed by atoms with van der Waals surface area (Å²) in [6.07, 6.45) is 3.54. The first kappa shape index (κ1) is 9.70. The fourth-order valence-corrected chi connectivity index (χ4v) is 1.49. The van der Waals surface area contributed by atoms with E-state index in [-0.39, 0.29) is 8.80 Å². The average Bonchev–Trinajstić information content (AvgIpc) is 1.87. The van der Waals surface area contributed by atoms with Crippen LogP contribution in [0.2, 0.25) is 12.6 Å². The molecule has 0 unspecified atom stereocenters. The molecule has 10 heavy (non-hydrogen) atoms. The molecule has 0 saturated carbocycles. The Balaban J connectivity index is 3.36. The van der Waals surface area contributed by atoms with Gasteiger partial charge in [0, 0.05) is 0 Å². The van der Waals surface area contributed by atoms with Crippen LogP contribution in [0.5, 0.6) is 0 Å².